The number of hydrogen-bond acceptors (Lipinski definition) is 9. The van der Waals surface area contributed by atoms with E-state index in [9.17, 15) is 35.9 Å². The summed E-state index contributed by atoms with van der Waals surface area (Å²) in [6, 6.07) is 0. The number of carbonyl (C=O) groups is 2. The average molecular weight is 404 g/mol. The molecule has 0 saturated heterocycles. The number of ether oxygens (including phenoxy) is 1. The van der Waals surface area contributed by atoms with E-state index in [1.165, 1.54) is 10.6 Å². The number of amides is 2. The maximum absolute atomic E-state index is 12.2. The van der Waals surface area contributed by atoms with E-state index in [0.717, 1.165) is 0 Å². The molecule has 18 heteroatoms. The lowest BCUT2D eigenvalue weighted by atomic mass is 10.5. The van der Waals surface area contributed by atoms with Gasteiger partial charge in [0.25, 0.3) is 5.95 Å². The fourth-order valence-corrected chi connectivity index (χ4v) is 1.31. The quantitative estimate of drug-likeness (QED) is 0.641. The summed E-state index contributed by atoms with van der Waals surface area (Å²) in [5, 5.41) is 18.7. The van der Waals surface area contributed by atoms with Crippen molar-refractivity contribution < 1.29 is 45.3 Å². The molecule has 2 amide bonds. The van der Waals surface area contributed by atoms with Crippen molar-refractivity contribution in [2.45, 2.75) is 18.9 Å². The summed E-state index contributed by atoms with van der Waals surface area (Å²) >= 11 is 0. The van der Waals surface area contributed by atoms with Crippen LogP contribution >= 0.6 is 0 Å². The van der Waals surface area contributed by atoms with E-state index < -0.39 is 41.8 Å². The number of carbonyl (C=O) groups excluding carboxylic acids is 2. The van der Waals surface area contributed by atoms with Crippen LogP contribution in [0, 0.1) is 0 Å². The molecule has 2 N–H and O–H groups in total. The summed E-state index contributed by atoms with van der Waals surface area (Å²) in [6.45, 7) is -0.652. The van der Waals surface area contributed by atoms with Crippen LogP contribution in [0.15, 0.2) is 4.63 Å². The highest BCUT2D eigenvalue weighted by Gasteiger charge is 2.40. The number of tetrazole rings is 1. The summed E-state index contributed by atoms with van der Waals surface area (Å²) in [5.74, 6) is -6.73. The number of rotatable bonds is 6. The summed E-state index contributed by atoms with van der Waals surface area (Å²) in [6.07, 6.45) is -10.3. The van der Waals surface area contributed by atoms with Crippen molar-refractivity contribution in [1.29, 1.82) is 0 Å². The minimum Gasteiger partial charge on any atom is -0.471 e. The molecular formula is C9H6F6N8O4. The zero-order valence-corrected chi connectivity index (χ0v) is 12.5. The van der Waals surface area contributed by atoms with Crippen molar-refractivity contribution in [2.75, 3.05) is 17.2 Å². The number of nitrogens with zero attached hydrogens (tertiary/aromatic N) is 6. The van der Waals surface area contributed by atoms with Gasteiger partial charge in [0.05, 0.1) is 6.54 Å². The molecule has 2 heterocycles. The van der Waals surface area contributed by atoms with Gasteiger partial charge in [-0.05, 0) is 15.5 Å². The van der Waals surface area contributed by atoms with Crippen LogP contribution in [0.5, 0.6) is 5.88 Å². The number of aromatic nitrogens is 6. The highest BCUT2D eigenvalue weighted by Crippen LogP contribution is 2.22. The number of hydrogen-bond donors (Lipinski definition) is 2. The number of anilines is 2. The van der Waals surface area contributed by atoms with Gasteiger partial charge in [-0.3, -0.25) is 20.2 Å². The Morgan fingerprint density at radius 3 is 2.30 bits per heavy atom. The minimum absolute atomic E-state index is 0.269. The number of nitrogens with one attached hydrogen (secondary N) is 2. The predicted molar refractivity (Wildman–Crippen MR) is 67.0 cm³/mol. The van der Waals surface area contributed by atoms with E-state index >= 15 is 0 Å². The van der Waals surface area contributed by atoms with Gasteiger partial charge >= 0.3 is 30.0 Å². The van der Waals surface area contributed by atoms with E-state index in [4.69, 9.17) is 4.74 Å². The molecule has 2 rings (SSSR count). The van der Waals surface area contributed by atoms with Crippen LogP contribution in [0.4, 0.5) is 38.1 Å². The van der Waals surface area contributed by atoms with Gasteiger partial charge in [-0.1, -0.05) is 5.10 Å². The van der Waals surface area contributed by atoms with Crippen LogP contribution in [0.2, 0.25) is 0 Å². The molecule has 0 bridgehead atoms. The largest absolute Gasteiger partial charge is 0.471 e. The highest BCUT2D eigenvalue weighted by atomic mass is 19.4. The Bertz CT molecular complexity index is 814. The molecule has 0 fully saturated rings. The fraction of sp³-hybridized carbons (Fsp3) is 0.444. The Hall–Kier alpha value is -3.47. The Kier molecular flexibility index (Phi) is 5.45. The van der Waals surface area contributed by atoms with Crippen molar-refractivity contribution in [3.63, 3.8) is 0 Å². The maximum atomic E-state index is 12.2. The predicted octanol–water partition coefficient (Wildman–Crippen LogP) is 0.137. The van der Waals surface area contributed by atoms with Crippen molar-refractivity contribution in [3.05, 3.63) is 0 Å². The van der Waals surface area contributed by atoms with Crippen molar-refractivity contribution in [1.82, 2.24) is 30.5 Å². The van der Waals surface area contributed by atoms with Crippen LogP contribution in [-0.2, 0) is 16.1 Å². The first-order valence-electron chi connectivity index (χ1n) is 6.46. The average Bonchev–Trinajstić information content (AvgIpc) is 3.15. The monoisotopic (exact) mass is 404 g/mol. The van der Waals surface area contributed by atoms with Gasteiger partial charge in [-0.15, -0.1) is 5.10 Å². The standard InChI is InChI=1S/C9H6F6N8O4/c10-8(11,12)5(24)16-3-4(21-27-20-3)26-2-1-23-19-7(18-22-23)17-6(25)9(13,14)15/h1-2H2,(H,16,20,24)(H,17,19,25). The van der Waals surface area contributed by atoms with Crippen LogP contribution in [0.3, 0.4) is 0 Å². The molecule has 0 aromatic carbocycles. The Balaban J connectivity index is 1.87. The van der Waals surface area contributed by atoms with Gasteiger partial charge in [-0.25, -0.2) is 4.63 Å². The fourth-order valence-electron chi connectivity index (χ4n) is 1.31. The van der Waals surface area contributed by atoms with Gasteiger partial charge in [0, 0.05) is 0 Å². The molecule has 12 nitrogen and oxygen atoms in total. The number of alkyl halides is 6. The summed E-state index contributed by atoms with van der Waals surface area (Å²) in [7, 11) is 0. The Labute approximate surface area is 142 Å². The SMILES string of the molecule is O=C(Nc1nnn(CCOc2nonc2NC(=O)C(F)(F)F)n1)C(F)(F)F. The smallest absolute Gasteiger partial charge is 0.471 e. The zero-order chi connectivity index (χ0) is 20.2. The second kappa shape index (κ2) is 7.41. The first kappa shape index (κ1) is 19.8. The van der Waals surface area contributed by atoms with E-state index in [2.05, 4.69) is 30.4 Å². The minimum atomic E-state index is -5.18. The summed E-state index contributed by atoms with van der Waals surface area (Å²) in [5.41, 5.74) is 0. The van der Waals surface area contributed by atoms with E-state index in [1.54, 1.807) is 0 Å². The van der Waals surface area contributed by atoms with Crippen molar-refractivity contribution in [2.24, 2.45) is 0 Å². The van der Waals surface area contributed by atoms with E-state index in [0.29, 0.717) is 4.80 Å². The van der Waals surface area contributed by atoms with Crippen molar-refractivity contribution in [3.8, 4) is 5.88 Å². The molecule has 2 aromatic rings. The molecule has 0 spiro atoms. The van der Waals surface area contributed by atoms with E-state index in [-0.39, 0.29) is 13.2 Å². The Morgan fingerprint density at radius 1 is 1.04 bits per heavy atom. The molecule has 148 valence electrons. The van der Waals surface area contributed by atoms with E-state index in [1.807, 2.05) is 0 Å². The van der Waals surface area contributed by atoms with Crippen LogP contribution in [-0.4, -0.2) is 61.3 Å². The molecule has 0 radical (unpaired) electrons. The van der Waals surface area contributed by atoms with Gasteiger partial charge in [0.15, 0.2) is 0 Å². The maximum Gasteiger partial charge on any atom is 0.471 e. The lowest BCUT2D eigenvalue weighted by Gasteiger charge is -2.06. The number of halogens is 6. The van der Waals surface area contributed by atoms with Gasteiger partial charge in [0.1, 0.15) is 6.61 Å². The van der Waals surface area contributed by atoms with Crippen molar-refractivity contribution >= 4 is 23.6 Å². The van der Waals surface area contributed by atoms with Crippen LogP contribution in [0.25, 0.3) is 0 Å². The molecular weight excluding hydrogens is 398 g/mol. The third-order valence-corrected chi connectivity index (χ3v) is 2.41. The lowest BCUT2D eigenvalue weighted by molar-refractivity contribution is -0.167. The molecule has 2 aromatic heterocycles. The van der Waals surface area contributed by atoms with Gasteiger partial charge in [0.2, 0.25) is 5.82 Å². The molecule has 27 heavy (non-hydrogen) atoms. The molecule has 0 saturated carbocycles. The highest BCUT2D eigenvalue weighted by molar-refractivity contribution is 5.94. The first-order chi connectivity index (χ1) is 12.5. The topological polar surface area (TPSA) is 150 Å². The second-order valence-electron chi connectivity index (χ2n) is 4.38. The molecule has 0 aliphatic rings. The normalized spacial score (nSPS) is 11.9. The summed E-state index contributed by atoms with van der Waals surface area (Å²) < 4.78 is 81.7. The van der Waals surface area contributed by atoms with Gasteiger partial charge < -0.3 is 4.74 Å². The molecule has 0 aliphatic carbocycles. The van der Waals surface area contributed by atoms with Crippen LogP contribution < -0.4 is 15.4 Å². The first-order valence-corrected chi connectivity index (χ1v) is 6.46. The zero-order valence-electron chi connectivity index (χ0n) is 12.5. The molecule has 0 unspecified atom stereocenters. The molecule has 0 atom stereocenters. The molecule has 0 aliphatic heterocycles. The lowest BCUT2D eigenvalue weighted by Crippen LogP contribution is -2.30. The summed E-state index contributed by atoms with van der Waals surface area (Å²) in [4.78, 5) is 22.2. The third-order valence-electron chi connectivity index (χ3n) is 2.41. The Morgan fingerprint density at radius 2 is 1.67 bits per heavy atom. The van der Waals surface area contributed by atoms with Crippen LogP contribution in [0.1, 0.15) is 0 Å². The third kappa shape index (κ3) is 5.51. The van der Waals surface area contributed by atoms with Gasteiger partial charge in [-0.2, -0.15) is 31.1 Å². The second-order valence-corrected chi connectivity index (χ2v) is 4.38.